The minimum absolute atomic E-state index is 0.588. The fourth-order valence-corrected chi connectivity index (χ4v) is 4.08. The van der Waals surface area contributed by atoms with Crippen molar-refractivity contribution in [2.45, 2.75) is 44.1 Å². The molecule has 0 saturated heterocycles. The van der Waals surface area contributed by atoms with E-state index in [1.54, 1.807) is 11.3 Å². The highest BCUT2D eigenvalue weighted by Crippen LogP contribution is 2.44. The predicted molar refractivity (Wildman–Crippen MR) is 80.6 cm³/mol. The summed E-state index contributed by atoms with van der Waals surface area (Å²) in [5.41, 5.74) is 1.99. The molecule has 1 aliphatic rings. The monoisotopic (exact) mass is 272 g/mol. The van der Waals surface area contributed by atoms with E-state index in [1.165, 1.54) is 10.4 Å². The molecular weight excluding hydrogens is 252 g/mol. The lowest BCUT2D eigenvalue weighted by molar-refractivity contribution is -0.00576. The molecule has 0 atom stereocenters. The molecule has 0 unspecified atom stereocenters. The summed E-state index contributed by atoms with van der Waals surface area (Å²) in [6.07, 6.45) is 3.92. The summed E-state index contributed by atoms with van der Waals surface area (Å²) in [5.74, 6) is 0.611. The van der Waals surface area contributed by atoms with E-state index in [0.29, 0.717) is 5.92 Å². The smallest absolute Gasteiger partial charge is 0.0907 e. The number of thiophene rings is 1. The van der Waals surface area contributed by atoms with Crippen molar-refractivity contribution in [3.63, 3.8) is 0 Å². The van der Waals surface area contributed by atoms with Crippen molar-refractivity contribution < 1.29 is 5.11 Å². The second-order valence-corrected chi connectivity index (χ2v) is 6.73. The van der Waals surface area contributed by atoms with Gasteiger partial charge in [-0.2, -0.15) is 0 Å². The molecule has 2 aromatic rings. The van der Waals surface area contributed by atoms with Crippen LogP contribution in [0.3, 0.4) is 0 Å². The first kappa shape index (κ1) is 12.9. The SMILES string of the molecule is Cc1sccc1C1(O)CCC(c2ccccc2)CC1. The maximum absolute atomic E-state index is 10.9. The average molecular weight is 272 g/mol. The van der Waals surface area contributed by atoms with Gasteiger partial charge in [-0.1, -0.05) is 30.3 Å². The number of aryl methyl sites for hydroxylation is 1. The third-order valence-corrected chi connectivity index (χ3v) is 5.29. The molecule has 1 saturated carbocycles. The number of aliphatic hydroxyl groups is 1. The van der Waals surface area contributed by atoms with E-state index >= 15 is 0 Å². The van der Waals surface area contributed by atoms with E-state index in [4.69, 9.17) is 0 Å². The Kier molecular flexibility index (Phi) is 3.46. The van der Waals surface area contributed by atoms with Gasteiger partial charge in [0.15, 0.2) is 0 Å². The molecule has 1 aliphatic carbocycles. The standard InChI is InChI=1S/C17H20OS/c1-13-16(9-12-19-13)17(18)10-7-15(8-11-17)14-5-3-2-4-6-14/h2-6,9,12,15,18H,7-8,10-11H2,1H3. The molecule has 3 rings (SSSR count). The van der Waals surface area contributed by atoms with Crippen LogP contribution >= 0.6 is 11.3 Å². The number of hydrogen-bond donors (Lipinski definition) is 1. The summed E-state index contributed by atoms with van der Waals surface area (Å²) in [5, 5.41) is 13.0. The van der Waals surface area contributed by atoms with Crippen LogP contribution in [0.1, 0.15) is 47.6 Å². The van der Waals surface area contributed by atoms with Crippen molar-refractivity contribution in [1.29, 1.82) is 0 Å². The Morgan fingerprint density at radius 3 is 2.37 bits per heavy atom. The number of rotatable bonds is 2. The lowest BCUT2D eigenvalue weighted by Gasteiger charge is -2.36. The quantitative estimate of drug-likeness (QED) is 0.847. The van der Waals surface area contributed by atoms with Crippen LogP contribution < -0.4 is 0 Å². The molecule has 0 bridgehead atoms. The van der Waals surface area contributed by atoms with Gasteiger partial charge >= 0.3 is 0 Å². The lowest BCUT2D eigenvalue weighted by Crippen LogP contribution is -2.31. The first-order valence-corrected chi connectivity index (χ1v) is 7.89. The highest BCUT2D eigenvalue weighted by molar-refractivity contribution is 7.10. The van der Waals surface area contributed by atoms with Crippen LogP contribution in [0, 0.1) is 6.92 Å². The molecule has 1 N–H and O–H groups in total. The average Bonchev–Trinajstić information content (AvgIpc) is 2.88. The second-order valence-electron chi connectivity index (χ2n) is 5.61. The fraction of sp³-hybridized carbons (Fsp3) is 0.412. The minimum Gasteiger partial charge on any atom is -0.385 e. The van der Waals surface area contributed by atoms with Crippen LogP contribution in [0.4, 0.5) is 0 Å². The highest BCUT2D eigenvalue weighted by Gasteiger charge is 2.36. The molecule has 0 radical (unpaired) electrons. The molecule has 0 amide bonds. The first-order valence-electron chi connectivity index (χ1n) is 7.01. The van der Waals surface area contributed by atoms with E-state index < -0.39 is 5.60 Å². The summed E-state index contributed by atoms with van der Waals surface area (Å²) in [4.78, 5) is 1.26. The minimum atomic E-state index is -0.588. The zero-order chi connectivity index (χ0) is 13.3. The van der Waals surface area contributed by atoms with Crippen molar-refractivity contribution >= 4 is 11.3 Å². The molecule has 1 aromatic heterocycles. The molecular formula is C17H20OS. The summed E-state index contributed by atoms with van der Waals surface area (Å²) in [7, 11) is 0. The van der Waals surface area contributed by atoms with Gasteiger partial charge in [0.2, 0.25) is 0 Å². The molecule has 0 spiro atoms. The van der Waals surface area contributed by atoms with Gasteiger partial charge in [0.1, 0.15) is 0 Å². The maximum atomic E-state index is 10.9. The lowest BCUT2D eigenvalue weighted by atomic mass is 9.73. The molecule has 2 heteroatoms. The highest BCUT2D eigenvalue weighted by atomic mass is 32.1. The predicted octanol–water partition coefficient (Wildman–Crippen LogP) is 4.60. The van der Waals surface area contributed by atoms with Gasteiger partial charge in [-0.3, -0.25) is 0 Å². The van der Waals surface area contributed by atoms with E-state index in [1.807, 2.05) is 0 Å². The van der Waals surface area contributed by atoms with Crippen LogP contribution in [0.25, 0.3) is 0 Å². The first-order chi connectivity index (χ1) is 9.19. The Morgan fingerprint density at radius 1 is 1.11 bits per heavy atom. The Morgan fingerprint density at radius 2 is 1.79 bits per heavy atom. The molecule has 1 heterocycles. The van der Waals surface area contributed by atoms with E-state index in [9.17, 15) is 5.11 Å². The van der Waals surface area contributed by atoms with Crippen molar-refractivity contribution in [3.05, 3.63) is 57.8 Å². The van der Waals surface area contributed by atoms with Crippen molar-refractivity contribution in [2.24, 2.45) is 0 Å². The second kappa shape index (κ2) is 5.10. The van der Waals surface area contributed by atoms with Crippen LogP contribution in [0.2, 0.25) is 0 Å². The zero-order valence-electron chi connectivity index (χ0n) is 11.3. The van der Waals surface area contributed by atoms with Gasteiger partial charge in [-0.25, -0.2) is 0 Å². The molecule has 0 aliphatic heterocycles. The van der Waals surface area contributed by atoms with E-state index in [-0.39, 0.29) is 0 Å². The van der Waals surface area contributed by atoms with Gasteiger partial charge < -0.3 is 5.11 Å². The molecule has 1 fully saturated rings. The number of benzene rings is 1. The van der Waals surface area contributed by atoms with Gasteiger partial charge in [0.25, 0.3) is 0 Å². The zero-order valence-corrected chi connectivity index (χ0v) is 12.1. The van der Waals surface area contributed by atoms with E-state index in [0.717, 1.165) is 31.2 Å². The molecule has 1 nitrogen and oxygen atoms in total. The number of hydrogen-bond acceptors (Lipinski definition) is 2. The maximum Gasteiger partial charge on any atom is 0.0907 e. The van der Waals surface area contributed by atoms with Crippen molar-refractivity contribution in [2.75, 3.05) is 0 Å². The topological polar surface area (TPSA) is 20.2 Å². The Labute approximate surface area is 118 Å². The van der Waals surface area contributed by atoms with Crippen LogP contribution in [0.15, 0.2) is 41.8 Å². The summed E-state index contributed by atoms with van der Waals surface area (Å²) < 4.78 is 0. The van der Waals surface area contributed by atoms with Crippen LogP contribution in [0.5, 0.6) is 0 Å². The Bertz CT molecular complexity index is 535. The molecule has 100 valence electrons. The van der Waals surface area contributed by atoms with Crippen LogP contribution in [-0.4, -0.2) is 5.11 Å². The van der Waals surface area contributed by atoms with Gasteiger partial charge in [0, 0.05) is 4.88 Å². The normalized spacial score (nSPS) is 27.4. The fourth-order valence-electron chi connectivity index (χ4n) is 3.29. The molecule has 19 heavy (non-hydrogen) atoms. The summed E-state index contributed by atoms with van der Waals surface area (Å²) in [6.45, 7) is 2.11. The van der Waals surface area contributed by atoms with Gasteiger partial charge in [-0.05, 0) is 61.1 Å². The summed E-state index contributed by atoms with van der Waals surface area (Å²) >= 11 is 1.73. The Hall–Kier alpha value is -1.12. The van der Waals surface area contributed by atoms with Crippen molar-refractivity contribution in [1.82, 2.24) is 0 Å². The van der Waals surface area contributed by atoms with Gasteiger partial charge in [0.05, 0.1) is 5.60 Å². The third kappa shape index (κ3) is 2.47. The van der Waals surface area contributed by atoms with Gasteiger partial charge in [-0.15, -0.1) is 11.3 Å². The largest absolute Gasteiger partial charge is 0.385 e. The Balaban J connectivity index is 1.75. The summed E-state index contributed by atoms with van der Waals surface area (Å²) in [6, 6.07) is 12.8. The van der Waals surface area contributed by atoms with E-state index in [2.05, 4.69) is 48.7 Å². The van der Waals surface area contributed by atoms with Crippen LogP contribution in [-0.2, 0) is 5.60 Å². The van der Waals surface area contributed by atoms with Crippen molar-refractivity contribution in [3.8, 4) is 0 Å². The third-order valence-electron chi connectivity index (χ3n) is 4.44. The molecule has 1 aromatic carbocycles.